The number of rotatable bonds is 3. The van der Waals surface area contributed by atoms with Crippen LogP contribution in [0.1, 0.15) is 50.6 Å². The van der Waals surface area contributed by atoms with Crippen LogP contribution in [0.5, 0.6) is 0 Å². The van der Waals surface area contributed by atoms with E-state index in [9.17, 15) is 0 Å². The topological polar surface area (TPSA) is 30.9 Å². The van der Waals surface area contributed by atoms with Crippen molar-refractivity contribution in [3.05, 3.63) is 36.0 Å². The van der Waals surface area contributed by atoms with Crippen molar-refractivity contribution < 1.29 is 0 Å². The molecule has 1 heterocycles. The third-order valence-corrected chi connectivity index (χ3v) is 4.83. The molecule has 0 unspecified atom stereocenters. The van der Waals surface area contributed by atoms with Crippen LogP contribution in [0, 0.1) is 5.92 Å². The minimum Gasteiger partial charge on any atom is -0.344 e. The lowest BCUT2D eigenvalue weighted by Gasteiger charge is -2.30. The summed E-state index contributed by atoms with van der Waals surface area (Å²) >= 11 is 0. The summed E-state index contributed by atoms with van der Waals surface area (Å²) in [6, 6.07) is 9.38. The van der Waals surface area contributed by atoms with E-state index in [1.807, 2.05) is 0 Å². The quantitative estimate of drug-likeness (QED) is 0.874. The van der Waals surface area contributed by atoms with Gasteiger partial charge in [-0.2, -0.15) is 0 Å². The summed E-state index contributed by atoms with van der Waals surface area (Å²) < 4.78 is 2.49. The molecule has 0 bridgehead atoms. The van der Waals surface area contributed by atoms with E-state index in [0.717, 1.165) is 5.92 Å². The Morgan fingerprint density at radius 2 is 1.95 bits per heavy atom. The zero-order chi connectivity index (χ0) is 13.2. The number of para-hydroxylation sites is 1. The summed E-state index contributed by atoms with van der Waals surface area (Å²) in [6.45, 7) is 2.95. The average Bonchev–Trinajstić information content (AvgIpc) is 2.91. The monoisotopic (exact) mass is 256 g/mol. The minimum absolute atomic E-state index is 0.631. The molecular formula is C17H24N2. The number of fused-ring (bicyclic) bond motifs is 1. The highest BCUT2D eigenvalue weighted by molar-refractivity contribution is 5.83. The molecule has 1 aliphatic rings. The van der Waals surface area contributed by atoms with Gasteiger partial charge < -0.3 is 10.3 Å². The Hall–Kier alpha value is -1.28. The summed E-state index contributed by atoms with van der Waals surface area (Å²) in [4.78, 5) is 0. The molecule has 0 saturated heterocycles. The van der Waals surface area contributed by atoms with Crippen LogP contribution in [0.15, 0.2) is 30.5 Å². The first-order chi connectivity index (χ1) is 9.33. The first kappa shape index (κ1) is 12.7. The zero-order valence-electron chi connectivity index (χ0n) is 11.8. The fourth-order valence-electron chi connectivity index (χ4n) is 3.60. The van der Waals surface area contributed by atoms with E-state index in [1.165, 1.54) is 48.6 Å². The number of hydrogen-bond donors (Lipinski definition) is 1. The second kappa shape index (κ2) is 5.38. The minimum atomic E-state index is 0.631. The molecule has 2 N–H and O–H groups in total. The molecule has 1 aromatic heterocycles. The Balaban J connectivity index is 1.93. The van der Waals surface area contributed by atoms with Gasteiger partial charge in [0, 0.05) is 18.8 Å². The third-order valence-electron chi connectivity index (χ3n) is 4.83. The summed E-state index contributed by atoms with van der Waals surface area (Å²) in [5.41, 5.74) is 8.55. The summed E-state index contributed by atoms with van der Waals surface area (Å²) in [7, 11) is 0. The van der Waals surface area contributed by atoms with Crippen LogP contribution in [0.3, 0.4) is 0 Å². The lowest BCUT2D eigenvalue weighted by atomic mass is 9.84. The Kier molecular flexibility index (Phi) is 3.61. The zero-order valence-corrected chi connectivity index (χ0v) is 11.8. The highest BCUT2D eigenvalue weighted by Gasteiger charge is 2.22. The van der Waals surface area contributed by atoms with Gasteiger partial charge in [-0.3, -0.25) is 0 Å². The molecule has 2 heteroatoms. The summed E-state index contributed by atoms with van der Waals surface area (Å²) in [6.07, 6.45) is 9.01. The molecule has 19 heavy (non-hydrogen) atoms. The van der Waals surface area contributed by atoms with Gasteiger partial charge in [0.25, 0.3) is 0 Å². The lowest BCUT2D eigenvalue weighted by Crippen LogP contribution is -2.17. The predicted octanol–water partition coefficient (Wildman–Crippen LogP) is 4.24. The molecule has 0 amide bonds. The van der Waals surface area contributed by atoms with E-state index in [-0.39, 0.29) is 0 Å². The predicted molar refractivity (Wildman–Crippen MR) is 81.1 cm³/mol. The Bertz CT molecular complexity index is 547. The van der Waals surface area contributed by atoms with Gasteiger partial charge in [-0.15, -0.1) is 0 Å². The van der Waals surface area contributed by atoms with Crippen LogP contribution < -0.4 is 5.73 Å². The van der Waals surface area contributed by atoms with Crippen molar-refractivity contribution in [2.24, 2.45) is 11.7 Å². The Morgan fingerprint density at radius 3 is 2.63 bits per heavy atom. The third kappa shape index (κ3) is 2.30. The molecule has 3 rings (SSSR count). The highest BCUT2D eigenvalue weighted by atomic mass is 15.0. The molecule has 1 fully saturated rings. The molecule has 102 valence electrons. The van der Waals surface area contributed by atoms with Crippen molar-refractivity contribution in [3.8, 4) is 0 Å². The number of nitrogens with two attached hydrogens (primary N) is 1. The van der Waals surface area contributed by atoms with Gasteiger partial charge in [-0.25, -0.2) is 0 Å². The van der Waals surface area contributed by atoms with E-state index in [0.29, 0.717) is 12.6 Å². The van der Waals surface area contributed by atoms with Crippen LogP contribution in [0.2, 0.25) is 0 Å². The molecule has 1 aromatic carbocycles. The molecule has 1 saturated carbocycles. The van der Waals surface area contributed by atoms with Gasteiger partial charge in [-0.1, -0.05) is 31.5 Å². The lowest BCUT2D eigenvalue weighted by molar-refractivity contribution is 0.273. The van der Waals surface area contributed by atoms with Gasteiger partial charge in [0.2, 0.25) is 0 Å². The standard InChI is InChI=1S/C17H24N2/c1-2-13-6-8-16(9-7-13)19-11-10-14-4-3-5-15(12-18)17(14)19/h3-5,10-11,13,16H,2,6-9,12,18H2,1H3. The molecule has 0 radical (unpaired) electrons. The van der Waals surface area contributed by atoms with E-state index in [1.54, 1.807) is 0 Å². The van der Waals surface area contributed by atoms with Gasteiger partial charge in [-0.05, 0) is 48.6 Å². The van der Waals surface area contributed by atoms with Gasteiger partial charge in [0.1, 0.15) is 0 Å². The van der Waals surface area contributed by atoms with Crippen molar-refractivity contribution in [1.29, 1.82) is 0 Å². The molecular weight excluding hydrogens is 232 g/mol. The van der Waals surface area contributed by atoms with Gasteiger partial charge >= 0.3 is 0 Å². The maximum atomic E-state index is 5.90. The first-order valence-corrected chi connectivity index (χ1v) is 7.62. The SMILES string of the molecule is CCC1CCC(n2ccc3cccc(CN)c32)CC1. The maximum absolute atomic E-state index is 5.90. The molecule has 1 aliphatic carbocycles. The maximum Gasteiger partial charge on any atom is 0.0528 e. The normalized spacial score (nSPS) is 23.9. The number of nitrogens with zero attached hydrogens (tertiary/aromatic N) is 1. The van der Waals surface area contributed by atoms with E-state index >= 15 is 0 Å². The molecule has 0 aliphatic heterocycles. The fourth-order valence-corrected chi connectivity index (χ4v) is 3.60. The van der Waals surface area contributed by atoms with Crippen LogP contribution in [0.25, 0.3) is 10.9 Å². The van der Waals surface area contributed by atoms with Crippen molar-refractivity contribution >= 4 is 10.9 Å². The van der Waals surface area contributed by atoms with Crippen LogP contribution in [-0.4, -0.2) is 4.57 Å². The fraction of sp³-hybridized carbons (Fsp3) is 0.529. The second-order valence-electron chi connectivity index (χ2n) is 5.86. The second-order valence-corrected chi connectivity index (χ2v) is 5.86. The smallest absolute Gasteiger partial charge is 0.0528 e. The van der Waals surface area contributed by atoms with Crippen molar-refractivity contribution in [3.63, 3.8) is 0 Å². The van der Waals surface area contributed by atoms with E-state index < -0.39 is 0 Å². The number of aromatic nitrogens is 1. The first-order valence-electron chi connectivity index (χ1n) is 7.62. The van der Waals surface area contributed by atoms with Crippen molar-refractivity contribution in [1.82, 2.24) is 4.57 Å². The summed E-state index contributed by atoms with van der Waals surface area (Å²) in [5.74, 6) is 0.951. The van der Waals surface area contributed by atoms with Gasteiger partial charge in [0.15, 0.2) is 0 Å². The largest absolute Gasteiger partial charge is 0.344 e. The van der Waals surface area contributed by atoms with Crippen LogP contribution in [0.4, 0.5) is 0 Å². The Morgan fingerprint density at radius 1 is 1.16 bits per heavy atom. The molecule has 2 nitrogen and oxygen atoms in total. The highest BCUT2D eigenvalue weighted by Crippen LogP contribution is 2.36. The summed E-state index contributed by atoms with van der Waals surface area (Å²) in [5, 5.41) is 1.33. The van der Waals surface area contributed by atoms with Crippen LogP contribution >= 0.6 is 0 Å². The van der Waals surface area contributed by atoms with Crippen molar-refractivity contribution in [2.45, 2.75) is 51.6 Å². The average molecular weight is 256 g/mol. The van der Waals surface area contributed by atoms with Crippen LogP contribution in [-0.2, 0) is 6.54 Å². The van der Waals surface area contributed by atoms with E-state index in [2.05, 4.69) is 42.0 Å². The number of benzene rings is 1. The molecule has 2 aromatic rings. The number of hydrogen-bond acceptors (Lipinski definition) is 1. The van der Waals surface area contributed by atoms with Gasteiger partial charge in [0.05, 0.1) is 5.52 Å². The Labute approximate surface area is 115 Å². The molecule has 0 spiro atoms. The van der Waals surface area contributed by atoms with Crippen molar-refractivity contribution in [2.75, 3.05) is 0 Å². The molecule has 0 atom stereocenters. The van der Waals surface area contributed by atoms with E-state index in [4.69, 9.17) is 5.73 Å².